The van der Waals surface area contributed by atoms with E-state index in [-0.39, 0.29) is 11.8 Å². The van der Waals surface area contributed by atoms with Crippen LogP contribution in [0, 0.1) is 5.82 Å². The highest BCUT2D eigenvalue weighted by molar-refractivity contribution is 5.84. The predicted molar refractivity (Wildman–Crippen MR) is 64.8 cm³/mol. The van der Waals surface area contributed by atoms with Crippen LogP contribution in [0.15, 0.2) is 18.2 Å². The van der Waals surface area contributed by atoms with E-state index in [9.17, 15) is 14.3 Å². The topological polar surface area (TPSA) is 72.5 Å². The first kappa shape index (κ1) is 12.8. The Bertz CT molecular complexity index is 477. The predicted octanol–water partition coefficient (Wildman–Crippen LogP) is 1.93. The second kappa shape index (κ2) is 4.57. The lowest BCUT2D eigenvalue weighted by Gasteiger charge is -2.37. The number of ether oxygens (including phenoxy) is 1. The van der Waals surface area contributed by atoms with Crippen LogP contribution in [-0.4, -0.2) is 23.8 Å². The van der Waals surface area contributed by atoms with Crippen LogP contribution >= 0.6 is 0 Å². The van der Waals surface area contributed by atoms with E-state index in [0.29, 0.717) is 25.0 Å². The number of para-hydroxylation sites is 1. The standard InChI is InChI=1S/C13H16FNO3/c1-8-7-13(12(16)17,5-6-18-8)9-3-2-4-10(14)11(9)15/h2-4,8H,5-7,15H2,1H3,(H,16,17). The second-order valence-corrected chi connectivity index (χ2v) is 4.72. The van der Waals surface area contributed by atoms with Gasteiger partial charge in [-0.1, -0.05) is 12.1 Å². The average Bonchev–Trinajstić information content (AvgIpc) is 2.32. The highest BCUT2D eigenvalue weighted by Crippen LogP contribution is 2.40. The van der Waals surface area contributed by atoms with E-state index in [4.69, 9.17) is 10.5 Å². The summed E-state index contributed by atoms with van der Waals surface area (Å²) in [4.78, 5) is 11.7. The number of carboxylic acids is 1. The summed E-state index contributed by atoms with van der Waals surface area (Å²) in [5.74, 6) is -1.55. The van der Waals surface area contributed by atoms with Crippen LogP contribution in [0.5, 0.6) is 0 Å². The molecule has 1 saturated heterocycles. The Morgan fingerprint density at radius 1 is 1.61 bits per heavy atom. The van der Waals surface area contributed by atoms with Gasteiger partial charge in [0, 0.05) is 6.61 Å². The van der Waals surface area contributed by atoms with E-state index in [1.807, 2.05) is 6.92 Å². The van der Waals surface area contributed by atoms with Crippen molar-refractivity contribution in [3.05, 3.63) is 29.6 Å². The number of hydrogen-bond acceptors (Lipinski definition) is 3. The zero-order chi connectivity index (χ0) is 13.3. The van der Waals surface area contributed by atoms with Crippen LogP contribution in [0.25, 0.3) is 0 Å². The third-order valence-electron chi connectivity index (χ3n) is 3.54. The lowest BCUT2D eigenvalue weighted by atomic mass is 9.72. The highest BCUT2D eigenvalue weighted by Gasteiger charge is 2.45. The Morgan fingerprint density at radius 3 is 2.94 bits per heavy atom. The lowest BCUT2D eigenvalue weighted by Crippen LogP contribution is -2.44. The van der Waals surface area contributed by atoms with Crippen molar-refractivity contribution in [2.75, 3.05) is 12.3 Å². The summed E-state index contributed by atoms with van der Waals surface area (Å²) in [7, 11) is 0. The number of aliphatic carboxylic acids is 1. The SMILES string of the molecule is CC1CC(C(=O)O)(c2cccc(F)c2N)CCO1. The van der Waals surface area contributed by atoms with E-state index < -0.39 is 17.2 Å². The number of halogens is 1. The van der Waals surface area contributed by atoms with Gasteiger partial charge in [0.1, 0.15) is 5.82 Å². The summed E-state index contributed by atoms with van der Waals surface area (Å²) in [6.07, 6.45) is 0.425. The van der Waals surface area contributed by atoms with Crippen LogP contribution < -0.4 is 5.73 Å². The van der Waals surface area contributed by atoms with Gasteiger partial charge in [-0.3, -0.25) is 4.79 Å². The van der Waals surface area contributed by atoms with Crippen LogP contribution in [0.1, 0.15) is 25.3 Å². The maximum absolute atomic E-state index is 13.5. The number of nitrogen functional groups attached to an aromatic ring is 1. The zero-order valence-electron chi connectivity index (χ0n) is 10.1. The van der Waals surface area contributed by atoms with Crippen LogP contribution in [0.2, 0.25) is 0 Å². The number of nitrogens with two attached hydrogens (primary N) is 1. The first-order valence-electron chi connectivity index (χ1n) is 5.87. The molecule has 2 unspecified atom stereocenters. The third-order valence-corrected chi connectivity index (χ3v) is 3.54. The van der Waals surface area contributed by atoms with Gasteiger partial charge in [0.05, 0.1) is 17.2 Å². The summed E-state index contributed by atoms with van der Waals surface area (Å²) in [5.41, 5.74) is 4.83. The van der Waals surface area contributed by atoms with Gasteiger partial charge in [0.15, 0.2) is 0 Å². The summed E-state index contributed by atoms with van der Waals surface area (Å²) >= 11 is 0. The molecule has 0 bridgehead atoms. The van der Waals surface area contributed by atoms with Gasteiger partial charge in [0.25, 0.3) is 0 Å². The minimum Gasteiger partial charge on any atom is -0.481 e. The maximum Gasteiger partial charge on any atom is 0.314 e. The normalized spacial score (nSPS) is 28.0. The van der Waals surface area contributed by atoms with Gasteiger partial charge in [-0.2, -0.15) is 0 Å². The molecule has 0 amide bonds. The number of hydrogen-bond donors (Lipinski definition) is 2. The Hall–Kier alpha value is -1.62. The number of anilines is 1. The Kier molecular flexibility index (Phi) is 3.26. The van der Waals surface area contributed by atoms with E-state index >= 15 is 0 Å². The summed E-state index contributed by atoms with van der Waals surface area (Å²) in [6.45, 7) is 2.15. The van der Waals surface area contributed by atoms with Gasteiger partial charge >= 0.3 is 5.97 Å². The number of rotatable bonds is 2. The molecule has 3 N–H and O–H groups in total. The first-order chi connectivity index (χ1) is 8.47. The molecule has 1 heterocycles. The molecule has 1 aromatic carbocycles. The average molecular weight is 253 g/mol. The van der Waals surface area contributed by atoms with Gasteiger partial charge in [-0.05, 0) is 31.4 Å². The maximum atomic E-state index is 13.5. The van der Waals surface area contributed by atoms with E-state index in [2.05, 4.69) is 0 Å². The number of carboxylic acid groups (broad SMARTS) is 1. The van der Waals surface area contributed by atoms with Gasteiger partial charge in [-0.25, -0.2) is 4.39 Å². The molecular formula is C13H16FNO3. The van der Waals surface area contributed by atoms with Crippen LogP contribution in [0.4, 0.5) is 10.1 Å². The first-order valence-corrected chi connectivity index (χ1v) is 5.87. The van der Waals surface area contributed by atoms with E-state index in [1.54, 1.807) is 6.07 Å². The minimum atomic E-state index is -1.15. The highest BCUT2D eigenvalue weighted by atomic mass is 19.1. The minimum absolute atomic E-state index is 0.0750. The molecule has 0 aliphatic carbocycles. The summed E-state index contributed by atoms with van der Waals surface area (Å²) in [6, 6.07) is 4.31. The lowest BCUT2D eigenvalue weighted by molar-refractivity contribution is -0.150. The molecule has 0 saturated carbocycles. The van der Waals surface area contributed by atoms with Crippen molar-refractivity contribution in [2.24, 2.45) is 0 Å². The van der Waals surface area contributed by atoms with Gasteiger partial charge in [-0.15, -0.1) is 0 Å². The zero-order valence-corrected chi connectivity index (χ0v) is 10.1. The van der Waals surface area contributed by atoms with Crippen molar-refractivity contribution in [1.82, 2.24) is 0 Å². The van der Waals surface area contributed by atoms with Crippen molar-refractivity contribution >= 4 is 11.7 Å². The van der Waals surface area contributed by atoms with Gasteiger partial charge in [0.2, 0.25) is 0 Å². The van der Waals surface area contributed by atoms with E-state index in [1.165, 1.54) is 12.1 Å². The molecule has 4 nitrogen and oxygen atoms in total. The molecule has 5 heteroatoms. The second-order valence-electron chi connectivity index (χ2n) is 4.72. The largest absolute Gasteiger partial charge is 0.481 e. The molecule has 0 radical (unpaired) electrons. The molecule has 2 rings (SSSR count). The fraction of sp³-hybridized carbons (Fsp3) is 0.462. The van der Waals surface area contributed by atoms with E-state index in [0.717, 1.165) is 0 Å². The molecular weight excluding hydrogens is 237 g/mol. The van der Waals surface area contributed by atoms with Gasteiger partial charge < -0.3 is 15.6 Å². The molecule has 1 aromatic rings. The van der Waals surface area contributed by atoms with Crippen LogP contribution in [-0.2, 0) is 14.9 Å². The molecule has 98 valence electrons. The van der Waals surface area contributed by atoms with Crippen molar-refractivity contribution in [2.45, 2.75) is 31.3 Å². The molecule has 18 heavy (non-hydrogen) atoms. The van der Waals surface area contributed by atoms with Crippen LogP contribution in [0.3, 0.4) is 0 Å². The Labute approximate surface area is 105 Å². The molecule has 1 aliphatic heterocycles. The third kappa shape index (κ3) is 1.95. The fourth-order valence-electron chi connectivity index (χ4n) is 2.59. The summed E-state index contributed by atoms with van der Waals surface area (Å²) in [5, 5.41) is 9.54. The van der Waals surface area contributed by atoms with Crippen molar-refractivity contribution in [3.63, 3.8) is 0 Å². The Morgan fingerprint density at radius 2 is 2.33 bits per heavy atom. The number of carbonyl (C=O) groups is 1. The molecule has 0 spiro atoms. The van der Waals surface area contributed by atoms with Crippen molar-refractivity contribution in [3.8, 4) is 0 Å². The number of benzene rings is 1. The molecule has 1 aliphatic rings. The molecule has 1 fully saturated rings. The van der Waals surface area contributed by atoms with Crippen molar-refractivity contribution < 1.29 is 19.0 Å². The van der Waals surface area contributed by atoms with Crippen molar-refractivity contribution in [1.29, 1.82) is 0 Å². The smallest absolute Gasteiger partial charge is 0.314 e. The summed E-state index contributed by atoms with van der Waals surface area (Å²) < 4.78 is 18.9. The monoisotopic (exact) mass is 253 g/mol. The Balaban J connectivity index is 2.54. The quantitative estimate of drug-likeness (QED) is 0.790. The molecule has 0 aromatic heterocycles. The fourth-order valence-corrected chi connectivity index (χ4v) is 2.59. The molecule has 2 atom stereocenters.